The summed E-state index contributed by atoms with van der Waals surface area (Å²) in [5.41, 5.74) is 3.75. The highest BCUT2D eigenvalue weighted by Crippen LogP contribution is 2.30. The van der Waals surface area contributed by atoms with Crippen LogP contribution in [0, 0.1) is 13.8 Å². The molecule has 0 amide bonds. The Morgan fingerprint density at radius 2 is 2.00 bits per heavy atom. The SMILES string of the molecule is CCCNC(CC)c1nnc(-c2ccc(C)cc2C)s1. The molecular weight excluding hydrogens is 266 g/mol. The maximum atomic E-state index is 4.39. The number of nitrogens with zero attached hydrogens (tertiary/aromatic N) is 2. The van der Waals surface area contributed by atoms with Crippen LogP contribution in [-0.4, -0.2) is 16.7 Å². The highest BCUT2D eigenvalue weighted by Gasteiger charge is 2.15. The van der Waals surface area contributed by atoms with E-state index in [0.29, 0.717) is 6.04 Å². The van der Waals surface area contributed by atoms with Crippen molar-refractivity contribution in [2.45, 2.75) is 46.6 Å². The number of rotatable bonds is 6. The average Bonchev–Trinajstić information content (AvgIpc) is 2.89. The van der Waals surface area contributed by atoms with Crippen LogP contribution in [0.15, 0.2) is 18.2 Å². The van der Waals surface area contributed by atoms with Crippen LogP contribution >= 0.6 is 11.3 Å². The first-order valence-electron chi connectivity index (χ1n) is 7.30. The zero-order chi connectivity index (χ0) is 14.5. The van der Waals surface area contributed by atoms with Crippen molar-refractivity contribution < 1.29 is 0 Å². The predicted octanol–water partition coefficient (Wildman–Crippen LogP) is 4.27. The molecule has 1 N–H and O–H groups in total. The topological polar surface area (TPSA) is 37.8 Å². The highest BCUT2D eigenvalue weighted by atomic mass is 32.1. The molecule has 0 saturated carbocycles. The smallest absolute Gasteiger partial charge is 0.148 e. The summed E-state index contributed by atoms with van der Waals surface area (Å²) in [6.45, 7) is 9.64. The largest absolute Gasteiger partial charge is 0.308 e. The van der Waals surface area contributed by atoms with E-state index < -0.39 is 0 Å². The standard InChI is InChI=1S/C16H23N3S/c1-5-9-17-14(6-2)16-19-18-15(20-16)13-8-7-11(3)10-12(13)4/h7-8,10,14,17H,5-6,9H2,1-4H3. The average molecular weight is 289 g/mol. The van der Waals surface area contributed by atoms with E-state index in [4.69, 9.17) is 0 Å². The third-order valence-corrected chi connectivity index (χ3v) is 4.47. The molecule has 2 aromatic rings. The molecule has 3 nitrogen and oxygen atoms in total. The summed E-state index contributed by atoms with van der Waals surface area (Å²) in [6.07, 6.45) is 2.18. The third-order valence-electron chi connectivity index (χ3n) is 3.40. The third kappa shape index (κ3) is 3.44. The number of hydrogen-bond donors (Lipinski definition) is 1. The lowest BCUT2D eigenvalue weighted by molar-refractivity contribution is 0.513. The Morgan fingerprint density at radius 1 is 1.20 bits per heavy atom. The van der Waals surface area contributed by atoms with Gasteiger partial charge < -0.3 is 5.32 Å². The zero-order valence-corrected chi connectivity index (χ0v) is 13.5. The van der Waals surface area contributed by atoms with Gasteiger partial charge in [0.2, 0.25) is 0 Å². The minimum Gasteiger partial charge on any atom is -0.308 e. The summed E-state index contributed by atoms with van der Waals surface area (Å²) in [4.78, 5) is 0. The van der Waals surface area contributed by atoms with Gasteiger partial charge in [-0.3, -0.25) is 0 Å². The van der Waals surface area contributed by atoms with Gasteiger partial charge in [0.15, 0.2) is 0 Å². The molecule has 1 aromatic heterocycles. The van der Waals surface area contributed by atoms with E-state index in [1.54, 1.807) is 11.3 Å². The highest BCUT2D eigenvalue weighted by molar-refractivity contribution is 7.14. The molecule has 1 heterocycles. The molecule has 20 heavy (non-hydrogen) atoms. The van der Waals surface area contributed by atoms with E-state index in [-0.39, 0.29) is 0 Å². The van der Waals surface area contributed by atoms with Gasteiger partial charge in [-0.25, -0.2) is 0 Å². The van der Waals surface area contributed by atoms with Gasteiger partial charge in [-0.2, -0.15) is 0 Å². The second-order valence-corrected chi connectivity index (χ2v) is 6.19. The number of aromatic nitrogens is 2. The van der Waals surface area contributed by atoms with Crippen molar-refractivity contribution in [2.75, 3.05) is 6.54 Å². The summed E-state index contributed by atoms with van der Waals surface area (Å²) < 4.78 is 0. The molecule has 0 aliphatic carbocycles. The van der Waals surface area contributed by atoms with Gasteiger partial charge in [0.05, 0.1) is 6.04 Å². The van der Waals surface area contributed by atoms with Crippen molar-refractivity contribution in [3.8, 4) is 10.6 Å². The Balaban J connectivity index is 2.23. The molecule has 0 saturated heterocycles. The summed E-state index contributed by atoms with van der Waals surface area (Å²) in [5.74, 6) is 0. The molecule has 0 aliphatic heterocycles. The number of nitrogens with one attached hydrogen (secondary N) is 1. The molecule has 0 fully saturated rings. The second-order valence-electron chi connectivity index (χ2n) is 5.18. The fraction of sp³-hybridized carbons (Fsp3) is 0.500. The van der Waals surface area contributed by atoms with Gasteiger partial charge in [-0.1, -0.05) is 48.9 Å². The lowest BCUT2D eigenvalue weighted by Crippen LogP contribution is -2.21. The molecular formula is C16H23N3S. The van der Waals surface area contributed by atoms with Crippen molar-refractivity contribution in [3.63, 3.8) is 0 Å². The lowest BCUT2D eigenvalue weighted by atomic mass is 10.1. The molecule has 0 aliphatic rings. The maximum absolute atomic E-state index is 4.39. The predicted molar refractivity (Wildman–Crippen MR) is 86.1 cm³/mol. The van der Waals surface area contributed by atoms with Crippen LogP contribution in [0.5, 0.6) is 0 Å². The van der Waals surface area contributed by atoms with E-state index in [1.807, 2.05) is 0 Å². The van der Waals surface area contributed by atoms with Gasteiger partial charge >= 0.3 is 0 Å². The van der Waals surface area contributed by atoms with Crippen LogP contribution in [0.1, 0.15) is 48.9 Å². The molecule has 108 valence electrons. The van der Waals surface area contributed by atoms with Crippen molar-refractivity contribution in [1.82, 2.24) is 15.5 Å². The second kappa shape index (κ2) is 6.95. The van der Waals surface area contributed by atoms with Crippen molar-refractivity contribution in [2.24, 2.45) is 0 Å². The van der Waals surface area contributed by atoms with Crippen molar-refractivity contribution in [1.29, 1.82) is 0 Å². The first-order valence-corrected chi connectivity index (χ1v) is 8.11. The number of benzene rings is 1. The fourth-order valence-electron chi connectivity index (χ4n) is 2.26. The summed E-state index contributed by atoms with van der Waals surface area (Å²) in [6, 6.07) is 6.81. The van der Waals surface area contributed by atoms with Crippen molar-refractivity contribution >= 4 is 11.3 Å². The maximum Gasteiger partial charge on any atom is 0.148 e. The molecule has 0 radical (unpaired) electrons. The fourth-order valence-corrected chi connectivity index (χ4v) is 3.36. The summed E-state index contributed by atoms with van der Waals surface area (Å²) >= 11 is 1.70. The van der Waals surface area contributed by atoms with Crippen LogP contribution in [0.2, 0.25) is 0 Å². The van der Waals surface area contributed by atoms with E-state index in [1.165, 1.54) is 16.7 Å². The van der Waals surface area contributed by atoms with Crippen LogP contribution in [0.3, 0.4) is 0 Å². The normalized spacial score (nSPS) is 12.6. The Hall–Kier alpha value is -1.26. The zero-order valence-electron chi connectivity index (χ0n) is 12.7. The summed E-state index contributed by atoms with van der Waals surface area (Å²) in [7, 11) is 0. The molecule has 1 atom stereocenters. The van der Waals surface area contributed by atoms with E-state index in [0.717, 1.165) is 29.4 Å². The van der Waals surface area contributed by atoms with Crippen LogP contribution in [0.4, 0.5) is 0 Å². The van der Waals surface area contributed by atoms with E-state index >= 15 is 0 Å². The first-order chi connectivity index (χ1) is 9.65. The van der Waals surface area contributed by atoms with Crippen molar-refractivity contribution in [3.05, 3.63) is 34.3 Å². The van der Waals surface area contributed by atoms with Gasteiger partial charge in [0, 0.05) is 5.56 Å². The van der Waals surface area contributed by atoms with E-state index in [2.05, 4.69) is 61.4 Å². The van der Waals surface area contributed by atoms with Crippen LogP contribution < -0.4 is 5.32 Å². The minimum atomic E-state index is 0.326. The summed E-state index contributed by atoms with van der Waals surface area (Å²) in [5, 5.41) is 14.4. The Labute approximate surface area is 125 Å². The first kappa shape index (κ1) is 15.1. The molecule has 1 aromatic carbocycles. The Morgan fingerprint density at radius 3 is 2.65 bits per heavy atom. The van der Waals surface area contributed by atoms with Gasteiger partial charge in [0.25, 0.3) is 0 Å². The molecule has 2 rings (SSSR count). The monoisotopic (exact) mass is 289 g/mol. The van der Waals surface area contributed by atoms with E-state index in [9.17, 15) is 0 Å². The van der Waals surface area contributed by atoms with Gasteiger partial charge in [-0.05, 0) is 38.8 Å². The Bertz CT molecular complexity index is 563. The molecule has 1 unspecified atom stereocenters. The quantitative estimate of drug-likeness (QED) is 0.863. The van der Waals surface area contributed by atoms with Crippen LogP contribution in [0.25, 0.3) is 10.6 Å². The number of hydrogen-bond acceptors (Lipinski definition) is 4. The lowest BCUT2D eigenvalue weighted by Gasteiger charge is -2.12. The molecule has 4 heteroatoms. The number of aryl methyl sites for hydroxylation is 2. The Kier molecular flexibility index (Phi) is 5.26. The minimum absolute atomic E-state index is 0.326. The van der Waals surface area contributed by atoms with Gasteiger partial charge in [0.1, 0.15) is 10.0 Å². The van der Waals surface area contributed by atoms with Crippen LogP contribution in [-0.2, 0) is 0 Å². The van der Waals surface area contributed by atoms with Gasteiger partial charge in [-0.15, -0.1) is 10.2 Å². The molecule has 0 spiro atoms. The molecule has 0 bridgehead atoms.